The van der Waals surface area contributed by atoms with Crippen LogP contribution in [0.3, 0.4) is 0 Å². The second-order valence-corrected chi connectivity index (χ2v) is 6.30. The summed E-state index contributed by atoms with van der Waals surface area (Å²) >= 11 is 6.14. The summed E-state index contributed by atoms with van der Waals surface area (Å²) in [4.78, 5) is 0. The molecule has 1 aliphatic rings. The van der Waals surface area contributed by atoms with Crippen LogP contribution in [0.2, 0.25) is 5.02 Å². The molecule has 1 aromatic heterocycles. The monoisotopic (exact) mass is 339 g/mol. The Balaban J connectivity index is 1.70. The molecule has 1 aliphatic heterocycles. The minimum absolute atomic E-state index is 0.714. The van der Waals surface area contributed by atoms with E-state index in [-0.39, 0.29) is 0 Å². The molecule has 0 atom stereocenters. The normalized spacial score (nSPS) is 12.8. The minimum Gasteiger partial charge on any atom is -0.497 e. The van der Waals surface area contributed by atoms with Crippen molar-refractivity contribution >= 4 is 17.4 Å². The van der Waals surface area contributed by atoms with Crippen molar-refractivity contribution in [1.29, 1.82) is 0 Å². The number of aromatic nitrogens is 2. The van der Waals surface area contributed by atoms with Gasteiger partial charge in [-0.3, -0.25) is 0 Å². The molecule has 1 N–H and O–H groups in total. The van der Waals surface area contributed by atoms with Crippen LogP contribution < -0.4 is 10.1 Å². The molecular formula is C19H18ClN3O. The molecule has 122 valence electrons. The van der Waals surface area contributed by atoms with E-state index < -0.39 is 0 Å². The molecule has 0 radical (unpaired) electrons. The summed E-state index contributed by atoms with van der Waals surface area (Å²) < 4.78 is 7.19. The third-order valence-electron chi connectivity index (χ3n) is 4.32. The van der Waals surface area contributed by atoms with E-state index in [1.165, 1.54) is 11.1 Å². The zero-order valence-electron chi connectivity index (χ0n) is 13.4. The molecule has 3 aromatic rings. The first-order chi connectivity index (χ1) is 11.7. The zero-order valence-corrected chi connectivity index (χ0v) is 14.2. The van der Waals surface area contributed by atoms with Gasteiger partial charge in [-0.05, 0) is 42.3 Å². The highest BCUT2D eigenvalue weighted by atomic mass is 35.5. The van der Waals surface area contributed by atoms with Crippen LogP contribution in [0.1, 0.15) is 16.8 Å². The van der Waals surface area contributed by atoms with Gasteiger partial charge in [-0.1, -0.05) is 29.8 Å². The molecule has 0 fully saturated rings. The second kappa shape index (κ2) is 6.21. The molecule has 4 nitrogen and oxygen atoms in total. The van der Waals surface area contributed by atoms with Gasteiger partial charge in [0.2, 0.25) is 0 Å². The van der Waals surface area contributed by atoms with Crippen molar-refractivity contribution in [3.63, 3.8) is 0 Å². The average molecular weight is 340 g/mol. The first-order valence-corrected chi connectivity index (χ1v) is 8.36. The highest BCUT2D eigenvalue weighted by molar-refractivity contribution is 6.30. The molecule has 0 aliphatic carbocycles. The lowest BCUT2D eigenvalue weighted by molar-refractivity contribution is 0.414. The number of nitrogens with zero attached hydrogens (tertiary/aromatic N) is 2. The molecule has 24 heavy (non-hydrogen) atoms. The fourth-order valence-electron chi connectivity index (χ4n) is 3.12. The molecule has 0 bridgehead atoms. The van der Waals surface area contributed by atoms with Gasteiger partial charge in [0.1, 0.15) is 11.6 Å². The fourth-order valence-corrected chi connectivity index (χ4v) is 3.30. The predicted molar refractivity (Wildman–Crippen MR) is 96.6 cm³/mol. The van der Waals surface area contributed by atoms with Gasteiger partial charge in [-0.2, -0.15) is 5.10 Å². The number of hydrogen-bond acceptors (Lipinski definition) is 3. The number of nitrogens with one attached hydrogen (secondary N) is 1. The number of hydrogen-bond donors (Lipinski definition) is 1. The van der Waals surface area contributed by atoms with Crippen LogP contribution in [0.25, 0.3) is 5.69 Å². The van der Waals surface area contributed by atoms with Crippen molar-refractivity contribution in [2.75, 3.05) is 19.0 Å². The Kier molecular flexibility index (Phi) is 3.90. The Morgan fingerprint density at radius 1 is 1.21 bits per heavy atom. The molecule has 4 rings (SSSR count). The van der Waals surface area contributed by atoms with Crippen molar-refractivity contribution in [2.24, 2.45) is 0 Å². The average Bonchev–Trinajstić information content (AvgIpc) is 3.19. The number of benzene rings is 2. The predicted octanol–water partition coefficient (Wildman–Crippen LogP) is 4.09. The van der Waals surface area contributed by atoms with E-state index >= 15 is 0 Å². The molecule has 0 saturated heterocycles. The van der Waals surface area contributed by atoms with Crippen LogP contribution in [0.15, 0.2) is 48.5 Å². The summed E-state index contributed by atoms with van der Waals surface area (Å²) in [6.07, 6.45) is 1.81. The first kappa shape index (κ1) is 15.1. The largest absolute Gasteiger partial charge is 0.497 e. The maximum Gasteiger partial charge on any atom is 0.133 e. The smallest absolute Gasteiger partial charge is 0.133 e. The van der Waals surface area contributed by atoms with Crippen LogP contribution in [0.5, 0.6) is 5.75 Å². The lowest BCUT2D eigenvalue weighted by Gasteiger charge is -2.06. The van der Waals surface area contributed by atoms with E-state index in [9.17, 15) is 0 Å². The number of ether oxygens (including phenoxy) is 1. The molecule has 0 spiro atoms. The van der Waals surface area contributed by atoms with E-state index in [4.69, 9.17) is 21.4 Å². The van der Waals surface area contributed by atoms with Gasteiger partial charge in [0, 0.05) is 23.6 Å². The lowest BCUT2D eigenvalue weighted by Crippen LogP contribution is -2.05. The summed E-state index contributed by atoms with van der Waals surface area (Å²) in [6, 6.07) is 15.9. The first-order valence-electron chi connectivity index (χ1n) is 7.98. The van der Waals surface area contributed by atoms with Gasteiger partial charge in [0.05, 0.1) is 18.5 Å². The SMILES string of the molecule is COc1ccc(Cc2nn(-c3cccc(Cl)c3)c3c2CCN3)cc1. The van der Waals surface area contributed by atoms with Crippen LogP contribution in [0, 0.1) is 0 Å². The molecule has 5 heteroatoms. The standard InChI is InChI=1S/C19H18ClN3O/c1-24-16-7-5-13(6-8-16)11-18-17-9-10-21-19(17)23(22-18)15-4-2-3-14(20)12-15/h2-8,12,21H,9-11H2,1H3. The van der Waals surface area contributed by atoms with E-state index in [1.807, 2.05) is 41.1 Å². The summed E-state index contributed by atoms with van der Waals surface area (Å²) in [5.74, 6) is 1.95. The van der Waals surface area contributed by atoms with Gasteiger partial charge in [0.15, 0.2) is 0 Å². The number of rotatable bonds is 4. The quantitative estimate of drug-likeness (QED) is 0.778. The number of fused-ring (bicyclic) bond motifs is 1. The lowest BCUT2D eigenvalue weighted by atomic mass is 10.1. The fraction of sp³-hybridized carbons (Fsp3) is 0.211. The number of anilines is 1. The Bertz CT molecular complexity index is 871. The van der Waals surface area contributed by atoms with E-state index in [0.717, 1.165) is 42.3 Å². The third-order valence-corrected chi connectivity index (χ3v) is 4.55. The van der Waals surface area contributed by atoms with Gasteiger partial charge in [-0.25, -0.2) is 4.68 Å². The molecule has 0 saturated carbocycles. The van der Waals surface area contributed by atoms with Gasteiger partial charge >= 0.3 is 0 Å². The molecular weight excluding hydrogens is 322 g/mol. The van der Waals surface area contributed by atoms with Crippen molar-refractivity contribution in [1.82, 2.24) is 9.78 Å². The Morgan fingerprint density at radius 3 is 2.79 bits per heavy atom. The minimum atomic E-state index is 0.714. The maximum absolute atomic E-state index is 6.14. The van der Waals surface area contributed by atoms with Crippen molar-refractivity contribution in [3.8, 4) is 11.4 Å². The second-order valence-electron chi connectivity index (χ2n) is 5.87. The van der Waals surface area contributed by atoms with E-state index in [0.29, 0.717) is 5.02 Å². The maximum atomic E-state index is 6.14. The van der Waals surface area contributed by atoms with Gasteiger partial charge in [-0.15, -0.1) is 0 Å². The zero-order chi connectivity index (χ0) is 16.5. The summed E-state index contributed by atoms with van der Waals surface area (Å²) in [7, 11) is 1.68. The number of halogens is 1. The van der Waals surface area contributed by atoms with Crippen LogP contribution >= 0.6 is 11.6 Å². The van der Waals surface area contributed by atoms with Crippen LogP contribution in [-0.2, 0) is 12.8 Å². The van der Waals surface area contributed by atoms with E-state index in [1.54, 1.807) is 7.11 Å². The van der Waals surface area contributed by atoms with Crippen molar-refractivity contribution < 1.29 is 4.74 Å². The molecule has 0 amide bonds. The van der Waals surface area contributed by atoms with Crippen molar-refractivity contribution in [2.45, 2.75) is 12.8 Å². The van der Waals surface area contributed by atoms with E-state index in [2.05, 4.69) is 17.4 Å². The van der Waals surface area contributed by atoms with Crippen LogP contribution in [0.4, 0.5) is 5.82 Å². The summed E-state index contributed by atoms with van der Waals surface area (Å²) in [6.45, 7) is 0.948. The molecule has 0 unspecified atom stereocenters. The molecule has 2 aromatic carbocycles. The highest BCUT2D eigenvalue weighted by Crippen LogP contribution is 2.30. The Hall–Kier alpha value is -2.46. The summed E-state index contributed by atoms with van der Waals surface area (Å²) in [5.41, 5.74) is 4.61. The third kappa shape index (κ3) is 2.74. The Labute approximate surface area is 146 Å². The molecule has 2 heterocycles. The topological polar surface area (TPSA) is 39.1 Å². The van der Waals surface area contributed by atoms with Crippen LogP contribution in [-0.4, -0.2) is 23.4 Å². The summed E-state index contributed by atoms with van der Waals surface area (Å²) in [5, 5.41) is 9.01. The Morgan fingerprint density at radius 2 is 2.04 bits per heavy atom. The number of methoxy groups -OCH3 is 1. The van der Waals surface area contributed by atoms with Gasteiger partial charge in [0.25, 0.3) is 0 Å². The highest BCUT2D eigenvalue weighted by Gasteiger charge is 2.23. The van der Waals surface area contributed by atoms with Gasteiger partial charge < -0.3 is 10.1 Å². The van der Waals surface area contributed by atoms with Crippen molar-refractivity contribution in [3.05, 3.63) is 70.4 Å².